The number of rotatable bonds is 10. The van der Waals surface area contributed by atoms with E-state index in [1.807, 2.05) is 0 Å². The largest absolute Gasteiger partial charge is 0.395 e. The lowest BCUT2D eigenvalue weighted by Gasteiger charge is -2.20. The molecule has 0 bridgehead atoms. The molecule has 1 fully saturated rings. The smallest absolute Gasteiger partial charge is 0.0700 e. The predicted octanol–water partition coefficient (Wildman–Crippen LogP) is 0.496. The van der Waals surface area contributed by atoms with Crippen LogP contribution in [-0.2, 0) is 9.47 Å². The van der Waals surface area contributed by atoms with Gasteiger partial charge in [-0.15, -0.1) is 0 Å². The van der Waals surface area contributed by atoms with Crippen molar-refractivity contribution in [2.75, 3.05) is 46.6 Å². The van der Waals surface area contributed by atoms with Gasteiger partial charge >= 0.3 is 0 Å². The van der Waals surface area contributed by atoms with E-state index >= 15 is 0 Å². The Labute approximate surface area is 92.2 Å². The van der Waals surface area contributed by atoms with Gasteiger partial charge in [0, 0.05) is 32.8 Å². The van der Waals surface area contributed by atoms with E-state index in [1.54, 1.807) is 7.11 Å². The Kier molecular flexibility index (Phi) is 6.92. The summed E-state index contributed by atoms with van der Waals surface area (Å²) < 4.78 is 10.3. The number of ether oxygens (including phenoxy) is 2. The monoisotopic (exact) mass is 217 g/mol. The zero-order valence-electron chi connectivity index (χ0n) is 9.65. The zero-order chi connectivity index (χ0) is 10.9. The third kappa shape index (κ3) is 6.10. The molecule has 0 spiro atoms. The van der Waals surface area contributed by atoms with Gasteiger partial charge in [-0.25, -0.2) is 0 Å². The Morgan fingerprint density at radius 3 is 2.60 bits per heavy atom. The van der Waals surface area contributed by atoms with E-state index in [1.165, 1.54) is 12.8 Å². The first kappa shape index (κ1) is 12.9. The molecule has 1 aliphatic rings. The van der Waals surface area contributed by atoms with Gasteiger partial charge in [-0.1, -0.05) is 0 Å². The average molecular weight is 217 g/mol. The second-order valence-corrected chi connectivity index (χ2v) is 3.95. The molecule has 0 aromatic rings. The molecule has 0 aromatic heterocycles. The lowest BCUT2D eigenvalue weighted by molar-refractivity contribution is 0.0637. The lowest BCUT2D eigenvalue weighted by Crippen LogP contribution is -2.30. The number of hydrogen-bond donors (Lipinski definition) is 1. The van der Waals surface area contributed by atoms with Crippen LogP contribution < -0.4 is 0 Å². The maximum Gasteiger partial charge on any atom is 0.0700 e. The summed E-state index contributed by atoms with van der Waals surface area (Å²) in [7, 11) is 1.68. The highest BCUT2D eigenvalue weighted by molar-refractivity contribution is 4.84. The summed E-state index contributed by atoms with van der Waals surface area (Å²) in [4.78, 5) is 2.36. The summed E-state index contributed by atoms with van der Waals surface area (Å²) >= 11 is 0. The summed E-state index contributed by atoms with van der Waals surface area (Å²) in [6.07, 6.45) is 3.63. The van der Waals surface area contributed by atoms with Gasteiger partial charge in [0.25, 0.3) is 0 Å². The summed E-state index contributed by atoms with van der Waals surface area (Å²) in [6.45, 7) is 4.25. The molecule has 90 valence electrons. The normalized spacial score (nSPS) is 16.2. The molecule has 0 unspecified atom stereocenters. The molecular weight excluding hydrogens is 194 g/mol. The van der Waals surface area contributed by atoms with Crippen molar-refractivity contribution < 1.29 is 14.6 Å². The van der Waals surface area contributed by atoms with Gasteiger partial charge in [0.2, 0.25) is 0 Å². The number of hydrogen-bond acceptors (Lipinski definition) is 4. The summed E-state index contributed by atoms with van der Waals surface area (Å²) in [5, 5.41) is 8.90. The van der Waals surface area contributed by atoms with Crippen molar-refractivity contribution in [2.45, 2.75) is 25.3 Å². The fraction of sp³-hybridized carbons (Fsp3) is 1.00. The van der Waals surface area contributed by atoms with E-state index in [0.29, 0.717) is 13.2 Å². The fourth-order valence-corrected chi connectivity index (χ4v) is 1.66. The standard InChI is InChI=1S/C11H23NO3/c1-14-9-10-15-8-2-5-12(6-7-13)11-3-4-11/h11,13H,2-10H2,1H3. The van der Waals surface area contributed by atoms with Gasteiger partial charge in [0.15, 0.2) is 0 Å². The highest BCUT2D eigenvalue weighted by atomic mass is 16.5. The molecule has 0 aromatic carbocycles. The van der Waals surface area contributed by atoms with Gasteiger partial charge in [-0.2, -0.15) is 0 Å². The second-order valence-electron chi connectivity index (χ2n) is 3.95. The van der Waals surface area contributed by atoms with Crippen molar-refractivity contribution in [3.05, 3.63) is 0 Å². The van der Waals surface area contributed by atoms with Crippen LogP contribution in [0, 0.1) is 0 Å². The van der Waals surface area contributed by atoms with Crippen LogP contribution in [0.1, 0.15) is 19.3 Å². The van der Waals surface area contributed by atoms with Gasteiger partial charge in [0.1, 0.15) is 0 Å². The van der Waals surface area contributed by atoms with Gasteiger partial charge in [0.05, 0.1) is 19.8 Å². The van der Waals surface area contributed by atoms with Gasteiger partial charge < -0.3 is 14.6 Å². The van der Waals surface area contributed by atoms with Crippen molar-refractivity contribution in [1.29, 1.82) is 0 Å². The topological polar surface area (TPSA) is 41.9 Å². The van der Waals surface area contributed by atoms with Crippen molar-refractivity contribution >= 4 is 0 Å². The van der Waals surface area contributed by atoms with Crippen molar-refractivity contribution in [3.8, 4) is 0 Å². The van der Waals surface area contributed by atoms with Crippen LogP contribution in [0.15, 0.2) is 0 Å². The van der Waals surface area contributed by atoms with Crippen LogP contribution >= 0.6 is 0 Å². The van der Waals surface area contributed by atoms with E-state index < -0.39 is 0 Å². The predicted molar refractivity (Wildman–Crippen MR) is 59.0 cm³/mol. The van der Waals surface area contributed by atoms with Crippen molar-refractivity contribution in [3.63, 3.8) is 0 Å². The van der Waals surface area contributed by atoms with Crippen LogP contribution in [0.2, 0.25) is 0 Å². The number of nitrogens with zero attached hydrogens (tertiary/aromatic N) is 1. The number of methoxy groups -OCH3 is 1. The van der Waals surface area contributed by atoms with Crippen LogP contribution in [0.5, 0.6) is 0 Å². The summed E-state index contributed by atoms with van der Waals surface area (Å²) in [6, 6.07) is 0.733. The van der Waals surface area contributed by atoms with Crippen LogP contribution in [0.3, 0.4) is 0 Å². The third-order valence-electron chi connectivity index (χ3n) is 2.62. The molecule has 0 atom stereocenters. The Morgan fingerprint density at radius 2 is 2.00 bits per heavy atom. The van der Waals surface area contributed by atoms with E-state index in [0.717, 1.165) is 32.2 Å². The minimum Gasteiger partial charge on any atom is -0.395 e. The van der Waals surface area contributed by atoms with E-state index in [9.17, 15) is 0 Å². The first-order valence-corrected chi connectivity index (χ1v) is 5.80. The molecule has 0 heterocycles. The molecule has 1 N–H and O–H groups in total. The van der Waals surface area contributed by atoms with E-state index in [2.05, 4.69) is 4.90 Å². The molecule has 4 nitrogen and oxygen atoms in total. The molecule has 0 radical (unpaired) electrons. The molecule has 0 amide bonds. The van der Waals surface area contributed by atoms with Gasteiger partial charge in [-0.3, -0.25) is 4.90 Å². The molecule has 1 rings (SSSR count). The molecule has 0 aliphatic heterocycles. The van der Waals surface area contributed by atoms with E-state index in [-0.39, 0.29) is 6.61 Å². The molecule has 4 heteroatoms. The Bertz CT molecular complexity index is 151. The summed E-state index contributed by atoms with van der Waals surface area (Å²) in [5.41, 5.74) is 0. The van der Waals surface area contributed by atoms with Gasteiger partial charge in [-0.05, 0) is 19.3 Å². The fourth-order valence-electron chi connectivity index (χ4n) is 1.66. The first-order valence-electron chi connectivity index (χ1n) is 5.80. The highest BCUT2D eigenvalue weighted by Crippen LogP contribution is 2.26. The molecule has 1 saturated carbocycles. The molecule has 15 heavy (non-hydrogen) atoms. The van der Waals surface area contributed by atoms with Crippen molar-refractivity contribution in [1.82, 2.24) is 4.90 Å². The van der Waals surface area contributed by atoms with E-state index in [4.69, 9.17) is 14.6 Å². The second kappa shape index (κ2) is 8.05. The van der Waals surface area contributed by atoms with Crippen LogP contribution in [-0.4, -0.2) is 62.7 Å². The Balaban J connectivity index is 1.92. The maximum atomic E-state index is 8.90. The first-order chi connectivity index (χ1) is 7.38. The third-order valence-corrected chi connectivity index (χ3v) is 2.62. The highest BCUT2D eigenvalue weighted by Gasteiger charge is 2.27. The SMILES string of the molecule is COCCOCCCN(CCO)C1CC1. The Hall–Kier alpha value is -0.160. The molecule has 0 saturated heterocycles. The summed E-state index contributed by atoms with van der Waals surface area (Å²) in [5.74, 6) is 0. The van der Waals surface area contributed by atoms with Crippen LogP contribution in [0.25, 0.3) is 0 Å². The number of aliphatic hydroxyl groups is 1. The van der Waals surface area contributed by atoms with Crippen LogP contribution in [0.4, 0.5) is 0 Å². The number of aliphatic hydroxyl groups excluding tert-OH is 1. The molecular formula is C11H23NO3. The Morgan fingerprint density at radius 1 is 1.20 bits per heavy atom. The minimum atomic E-state index is 0.265. The maximum absolute atomic E-state index is 8.90. The lowest BCUT2D eigenvalue weighted by atomic mass is 10.3. The minimum absolute atomic E-state index is 0.265. The zero-order valence-corrected chi connectivity index (χ0v) is 9.65. The average Bonchev–Trinajstić information content (AvgIpc) is 3.05. The molecule has 1 aliphatic carbocycles. The van der Waals surface area contributed by atoms with Crippen molar-refractivity contribution in [2.24, 2.45) is 0 Å². The quantitative estimate of drug-likeness (QED) is 0.541.